The van der Waals surface area contributed by atoms with Crippen molar-refractivity contribution in [1.29, 1.82) is 0 Å². The number of aromatic nitrogens is 2. The third-order valence-corrected chi connectivity index (χ3v) is 3.46. The summed E-state index contributed by atoms with van der Waals surface area (Å²) in [5.41, 5.74) is 4.03. The van der Waals surface area contributed by atoms with Crippen LogP contribution in [-0.2, 0) is 7.05 Å². The molecule has 23 heavy (non-hydrogen) atoms. The van der Waals surface area contributed by atoms with Crippen molar-refractivity contribution in [3.63, 3.8) is 0 Å². The molecule has 0 aliphatic carbocycles. The summed E-state index contributed by atoms with van der Waals surface area (Å²) in [5, 5.41) is 10.4. The highest BCUT2D eigenvalue weighted by atomic mass is 16.1. The van der Waals surface area contributed by atoms with E-state index in [4.69, 9.17) is 0 Å². The first-order valence-electron chi connectivity index (χ1n) is 7.35. The van der Waals surface area contributed by atoms with Gasteiger partial charge < -0.3 is 10.6 Å². The summed E-state index contributed by atoms with van der Waals surface area (Å²) < 4.78 is 1.64. The van der Waals surface area contributed by atoms with E-state index < -0.39 is 0 Å². The molecule has 1 aromatic heterocycles. The highest BCUT2D eigenvalue weighted by Crippen LogP contribution is 2.19. The van der Waals surface area contributed by atoms with E-state index in [1.807, 2.05) is 61.5 Å². The third-order valence-electron chi connectivity index (χ3n) is 3.46. The maximum Gasteiger partial charge on any atom is 0.259 e. The molecule has 2 N–H and O–H groups in total. The molecule has 2 aromatic carbocycles. The standard InChI is InChI=1S/C18H18N4O/c1-13-17(12-22(2)21-13)18(23)20-16-10-8-15(9-11-16)19-14-6-4-3-5-7-14/h3-12,19H,1-2H3,(H,20,23). The topological polar surface area (TPSA) is 59.0 Å². The molecule has 0 radical (unpaired) electrons. The highest BCUT2D eigenvalue weighted by Gasteiger charge is 2.12. The molecule has 0 spiro atoms. The van der Waals surface area contributed by atoms with Gasteiger partial charge in [0.15, 0.2) is 0 Å². The molecule has 0 saturated carbocycles. The van der Waals surface area contributed by atoms with Gasteiger partial charge in [-0.05, 0) is 43.3 Å². The Kier molecular flexibility index (Phi) is 4.10. The Bertz CT molecular complexity index is 807. The third kappa shape index (κ3) is 3.58. The van der Waals surface area contributed by atoms with Gasteiger partial charge in [0.05, 0.1) is 11.3 Å². The summed E-state index contributed by atoms with van der Waals surface area (Å²) in [6.07, 6.45) is 1.72. The monoisotopic (exact) mass is 306 g/mol. The Balaban J connectivity index is 1.68. The van der Waals surface area contributed by atoms with E-state index in [1.54, 1.807) is 17.9 Å². The summed E-state index contributed by atoms with van der Waals surface area (Å²) >= 11 is 0. The van der Waals surface area contributed by atoms with Crippen LogP contribution in [0.5, 0.6) is 0 Å². The van der Waals surface area contributed by atoms with E-state index in [0.29, 0.717) is 11.3 Å². The highest BCUT2D eigenvalue weighted by molar-refractivity contribution is 6.04. The molecule has 0 aliphatic rings. The number of nitrogens with zero attached hydrogens (tertiary/aromatic N) is 2. The summed E-state index contributed by atoms with van der Waals surface area (Å²) in [6.45, 7) is 1.82. The van der Waals surface area contributed by atoms with Crippen molar-refractivity contribution < 1.29 is 4.79 Å². The number of nitrogens with one attached hydrogen (secondary N) is 2. The maximum absolute atomic E-state index is 12.2. The van der Waals surface area contributed by atoms with Crippen LogP contribution in [0.25, 0.3) is 0 Å². The second-order valence-corrected chi connectivity index (χ2v) is 5.32. The van der Waals surface area contributed by atoms with Crippen molar-refractivity contribution in [2.45, 2.75) is 6.92 Å². The Labute approximate surface area is 135 Å². The molecule has 0 fully saturated rings. The van der Waals surface area contributed by atoms with Gasteiger partial charge in [-0.1, -0.05) is 18.2 Å². The summed E-state index contributed by atoms with van der Waals surface area (Å²) in [6, 6.07) is 17.5. The van der Waals surface area contributed by atoms with Crippen molar-refractivity contribution in [1.82, 2.24) is 9.78 Å². The Morgan fingerprint density at radius 1 is 0.957 bits per heavy atom. The van der Waals surface area contributed by atoms with Gasteiger partial charge in [-0.3, -0.25) is 9.48 Å². The molecular formula is C18H18N4O. The zero-order valence-electron chi connectivity index (χ0n) is 13.1. The van der Waals surface area contributed by atoms with Crippen LogP contribution < -0.4 is 10.6 Å². The van der Waals surface area contributed by atoms with Crippen LogP contribution >= 0.6 is 0 Å². The van der Waals surface area contributed by atoms with Crippen LogP contribution in [0, 0.1) is 6.92 Å². The predicted molar refractivity (Wildman–Crippen MR) is 92.1 cm³/mol. The largest absolute Gasteiger partial charge is 0.356 e. The number of hydrogen-bond acceptors (Lipinski definition) is 3. The normalized spacial score (nSPS) is 10.3. The number of aryl methyl sites for hydroxylation is 2. The fourth-order valence-electron chi connectivity index (χ4n) is 2.35. The van der Waals surface area contributed by atoms with Crippen molar-refractivity contribution in [3.8, 4) is 0 Å². The molecule has 0 bridgehead atoms. The van der Waals surface area contributed by atoms with E-state index in [1.165, 1.54) is 0 Å². The summed E-state index contributed by atoms with van der Waals surface area (Å²) in [7, 11) is 1.80. The zero-order valence-corrected chi connectivity index (χ0v) is 13.1. The minimum atomic E-state index is -0.153. The first-order valence-corrected chi connectivity index (χ1v) is 7.35. The lowest BCUT2D eigenvalue weighted by Gasteiger charge is -2.08. The molecule has 1 heterocycles. The summed E-state index contributed by atoms with van der Waals surface area (Å²) in [5.74, 6) is -0.153. The molecule has 3 aromatic rings. The molecule has 1 amide bonds. The molecule has 5 heteroatoms. The molecule has 5 nitrogen and oxygen atoms in total. The van der Waals surface area contributed by atoms with Crippen LogP contribution in [0.1, 0.15) is 16.1 Å². The van der Waals surface area contributed by atoms with E-state index in [0.717, 1.165) is 17.1 Å². The molecular weight excluding hydrogens is 288 g/mol. The maximum atomic E-state index is 12.2. The van der Waals surface area contributed by atoms with E-state index in [-0.39, 0.29) is 5.91 Å². The van der Waals surface area contributed by atoms with Gasteiger partial charge in [0, 0.05) is 30.3 Å². The van der Waals surface area contributed by atoms with Crippen molar-refractivity contribution in [2.75, 3.05) is 10.6 Å². The van der Waals surface area contributed by atoms with Crippen molar-refractivity contribution in [3.05, 3.63) is 72.1 Å². The number of para-hydroxylation sites is 1. The quantitative estimate of drug-likeness (QED) is 0.772. The zero-order chi connectivity index (χ0) is 16.2. The van der Waals surface area contributed by atoms with Gasteiger partial charge in [-0.25, -0.2) is 0 Å². The minimum absolute atomic E-state index is 0.153. The van der Waals surface area contributed by atoms with Gasteiger partial charge in [0.1, 0.15) is 0 Å². The first kappa shape index (κ1) is 14.8. The van der Waals surface area contributed by atoms with Gasteiger partial charge in [0.25, 0.3) is 5.91 Å². The van der Waals surface area contributed by atoms with Gasteiger partial charge >= 0.3 is 0 Å². The molecule has 0 atom stereocenters. The number of anilines is 3. The molecule has 3 rings (SSSR count). The molecule has 0 saturated heterocycles. The van der Waals surface area contributed by atoms with E-state index in [9.17, 15) is 4.79 Å². The predicted octanol–water partition coefficient (Wildman–Crippen LogP) is 3.72. The number of carbonyl (C=O) groups excluding carboxylic acids is 1. The first-order chi connectivity index (χ1) is 11.1. The number of benzene rings is 2. The Morgan fingerprint density at radius 3 is 2.17 bits per heavy atom. The van der Waals surface area contributed by atoms with Gasteiger partial charge in [0.2, 0.25) is 0 Å². The molecule has 0 unspecified atom stereocenters. The number of rotatable bonds is 4. The van der Waals surface area contributed by atoms with Crippen LogP contribution in [0.3, 0.4) is 0 Å². The lowest BCUT2D eigenvalue weighted by molar-refractivity contribution is 0.102. The van der Waals surface area contributed by atoms with Gasteiger partial charge in [-0.15, -0.1) is 0 Å². The van der Waals surface area contributed by atoms with Crippen LogP contribution in [-0.4, -0.2) is 15.7 Å². The molecule has 116 valence electrons. The smallest absolute Gasteiger partial charge is 0.259 e. The lowest BCUT2D eigenvalue weighted by Crippen LogP contribution is -2.12. The average Bonchev–Trinajstić information content (AvgIpc) is 2.89. The fourth-order valence-corrected chi connectivity index (χ4v) is 2.35. The average molecular weight is 306 g/mol. The van der Waals surface area contributed by atoms with E-state index in [2.05, 4.69) is 15.7 Å². The summed E-state index contributed by atoms with van der Waals surface area (Å²) in [4.78, 5) is 12.2. The Hall–Kier alpha value is -3.08. The van der Waals surface area contributed by atoms with E-state index >= 15 is 0 Å². The van der Waals surface area contributed by atoms with Gasteiger partial charge in [-0.2, -0.15) is 5.10 Å². The van der Waals surface area contributed by atoms with Crippen molar-refractivity contribution >= 4 is 23.0 Å². The fraction of sp³-hybridized carbons (Fsp3) is 0.111. The van der Waals surface area contributed by atoms with Crippen LogP contribution in [0.4, 0.5) is 17.1 Å². The number of carbonyl (C=O) groups is 1. The van der Waals surface area contributed by atoms with Crippen LogP contribution in [0.15, 0.2) is 60.8 Å². The van der Waals surface area contributed by atoms with Crippen LogP contribution in [0.2, 0.25) is 0 Å². The van der Waals surface area contributed by atoms with Crippen molar-refractivity contribution in [2.24, 2.45) is 7.05 Å². The second kappa shape index (κ2) is 6.36. The lowest BCUT2D eigenvalue weighted by atomic mass is 10.2. The Morgan fingerprint density at radius 2 is 1.57 bits per heavy atom. The number of hydrogen-bond donors (Lipinski definition) is 2. The SMILES string of the molecule is Cc1nn(C)cc1C(=O)Nc1ccc(Nc2ccccc2)cc1. The number of amides is 1. The minimum Gasteiger partial charge on any atom is -0.356 e. The second-order valence-electron chi connectivity index (χ2n) is 5.32. The molecule has 0 aliphatic heterocycles.